The smallest absolute Gasteiger partial charge is 0.298 e. The Labute approximate surface area is 234 Å². The van der Waals surface area contributed by atoms with Crippen LogP contribution in [0.5, 0.6) is 5.75 Å². The summed E-state index contributed by atoms with van der Waals surface area (Å²) in [4.78, 5) is 38.7. The number of fused-ring (bicyclic) bond motifs is 1. The number of carbonyl (C=O) groups excluding carboxylic acids is 3. The molecule has 1 atom stereocenters. The van der Waals surface area contributed by atoms with Gasteiger partial charge in [0.2, 0.25) is 5.91 Å². The van der Waals surface area contributed by atoms with Crippen LogP contribution in [0.15, 0.2) is 66.7 Å². The number of hydrogen-bond acceptors (Lipinski definition) is 7. The molecule has 8 nitrogen and oxygen atoms in total. The summed E-state index contributed by atoms with van der Waals surface area (Å²) in [6, 6.07) is 20.1. The van der Waals surface area contributed by atoms with Gasteiger partial charge in [0.15, 0.2) is 5.78 Å². The molecule has 1 saturated heterocycles. The number of carbonyl (C=O) groups is 3. The summed E-state index contributed by atoms with van der Waals surface area (Å²) >= 11 is 0. The lowest BCUT2D eigenvalue weighted by Crippen LogP contribution is -2.50. The van der Waals surface area contributed by atoms with E-state index in [-0.39, 0.29) is 17.7 Å². The minimum absolute atomic E-state index is 0.0175. The number of Topliss-reactive ketones (excluding diaryl/α,β-unsaturated/α-hetero) is 1. The molecule has 40 heavy (non-hydrogen) atoms. The number of ketones is 1. The van der Waals surface area contributed by atoms with Crippen LogP contribution in [0, 0.1) is 5.41 Å². The molecule has 2 heterocycles. The van der Waals surface area contributed by atoms with Crippen molar-refractivity contribution in [3.05, 3.63) is 77.9 Å². The maximum Gasteiger partial charge on any atom is 0.298 e. The summed E-state index contributed by atoms with van der Waals surface area (Å²) < 4.78 is 9.95. The Balaban J connectivity index is 0.000000395. The zero-order chi connectivity index (χ0) is 28.3. The summed E-state index contributed by atoms with van der Waals surface area (Å²) in [6.45, 7) is 6.48. The maximum atomic E-state index is 12.9. The van der Waals surface area contributed by atoms with E-state index in [1.807, 2.05) is 49.4 Å². The third-order valence-corrected chi connectivity index (χ3v) is 8.07. The first-order valence-corrected chi connectivity index (χ1v) is 13.6. The maximum absolute atomic E-state index is 12.9. The van der Waals surface area contributed by atoms with Gasteiger partial charge in [0.25, 0.3) is 6.47 Å². The fourth-order valence-electron chi connectivity index (χ4n) is 5.31. The van der Waals surface area contributed by atoms with E-state index < -0.39 is 0 Å². The normalized spacial score (nSPS) is 18.5. The van der Waals surface area contributed by atoms with Gasteiger partial charge in [0.1, 0.15) is 11.8 Å². The highest BCUT2D eigenvalue weighted by Gasteiger charge is 2.43. The summed E-state index contributed by atoms with van der Waals surface area (Å²) in [5, 5.41) is 3.38. The molecule has 1 saturated carbocycles. The number of hydrogen-bond donors (Lipinski definition) is 1. The van der Waals surface area contributed by atoms with Crippen molar-refractivity contribution >= 4 is 40.9 Å². The Bertz CT molecular complexity index is 1360. The van der Waals surface area contributed by atoms with Gasteiger partial charge in [-0.2, -0.15) is 0 Å². The minimum Gasteiger partial charge on any atom is -0.429 e. The topological polar surface area (TPSA) is 88.2 Å². The van der Waals surface area contributed by atoms with Crippen LogP contribution in [0.25, 0.3) is 0 Å². The van der Waals surface area contributed by atoms with Crippen molar-refractivity contribution in [2.45, 2.75) is 45.7 Å². The Morgan fingerprint density at radius 2 is 1.70 bits per heavy atom. The molecule has 208 valence electrons. The monoisotopic (exact) mass is 541 g/mol. The van der Waals surface area contributed by atoms with E-state index in [9.17, 15) is 14.4 Å². The first kappa shape index (κ1) is 27.4. The van der Waals surface area contributed by atoms with E-state index in [0.717, 1.165) is 46.9 Å². The van der Waals surface area contributed by atoms with Gasteiger partial charge in [-0.05, 0) is 86.8 Å². The van der Waals surface area contributed by atoms with Crippen molar-refractivity contribution in [3.8, 4) is 5.75 Å². The summed E-state index contributed by atoms with van der Waals surface area (Å²) in [7, 11) is 1.79. The number of ether oxygens (including phenoxy) is 2. The third-order valence-electron chi connectivity index (χ3n) is 8.07. The second-order valence-corrected chi connectivity index (χ2v) is 10.9. The highest BCUT2D eigenvalue weighted by molar-refractivity contribution is 6.05. The van der Waals surface area contributed by atoms with E-state index in [2.05, 4.69) is 10.2 Å². The molecule has 1 amide bonds. The zero-order valence-electron chi connectivity index (χ0n) is 23.2. The summed E-state index contributed by atoms with van der Waals surface area (Å²) in [5.74, 6) is 0.515. The molecule has 0 aromatic heterocycles. The van der Waals surface area contributed by atoms with Crippen molar-refractivity contribution in [2.75, 3.05) is 35.4 Å². The predicted octanol–water partition coefficient (Wildman–Crippen LogP) is 5.73. The van der Waals surface area contributed by atoms with E-state index in [1.54, 1.807) is 43.1 Å². The predicted molar refractivity (Wildman–Crippen MR) is 155 cm³/mol. The summed E-state index contributed by atoms with van der Waals surface area (Å²) in [5.41, 5.74) is 5.88. The van der Waals surface area contributed by atoms with Crippen LogP contribution < -0.4 is 19.9 Å². The average molecular weight is 542 g/mol. The van der Waals surface area contributed by atoms with E-state index >= 15 is 0 Å². The van der Waals surface area contributed by atoms with E-state index in [4.69, 9.17) is 9.47 Å². The van der Waals surface area contributed by atoms with Crippen molar-refractivity contribution < 1.29 is 23.9 Å². The van der Waals surface area contributed by atoms with Gasteiger partial charge >= 0.3 is 0 Å². The number of rotatable bonds is 7. The first-order valence-electron chi connectivity index (χ1n) is 13.6. The highest BCUT2D eigenvalue weighted by atomic mass is 16.5. The molecule has 0 radical (unpaired) electrons. The lowest BCUT2D eigenvalue weighted by molar-refractivity contribution is -0.155. The second-order valence-electron chi connectivity index (χ2n) is 10.9. The average Bonchev–Trinajstić information content (AvgIpc) is 2.90. The fourth-order valence-corrected chi connectivity index (χ4v) is 5.31. The number of likely N-dealkylation sites (N-methyl/N-ethyl adjacent to an activating group) is 1. The van der Waals surface area contributed by atoms with Gasteiger partial charge in [0.05, 0.1) is 24.6 Å². The van der Waals surface area contributed by atoms with Gasteiger partial charge in [-0.1, -0.05) is 18.6 Å². The number of benzene rings is 3. The van der Waals surface area contributed by atoms with E-state index in [0.29, 0.717) is 24.3 Å². The molecule has 3 aromatic rings. The molecule has 3 aliphatic rings. The second kappa shape index (κ2) is 11.5. The molecule has 2 fully saturated rings. The largest absolute Gasteiger partial charge is 0.429 e. The Morgan fingerprint density at radius 1 is 1.02 bits per heavy atom. The van der Waals surface area contributed by atoms with Crippen molar-refractivity contribution in [3.63, 3.8) is 0 Å². The Kier molecular flexibility index (Phi) is 7.89. The molecular formula is C32H35N3O5. The van der Waals surface area contributed by atoms with Gasteiger partial charge in [-0.3, -0.25) is 14.4 Å². The Hall–Kier alpha value is -4.17. The van der Waals surface area contributed by atoms with Gasteiger partial charge in [0, 0.05) is 35.9 Å². The molecule has 1 aliphatic carbocycles. The first-order chi connectivity index (χ1) is 19.3. The van der Waals surface area contributed by atoms with Gasteiger partial charge < -0.3 is 24.6 Å². The van der Waals surface area contributed by atoms with Gasteiger partial charge in [-0.15, -0.1) is 0 Å². The van der Waals surface area contributed by atoms with Crippen molar-refractivity contribution in [2.24, 2.45) is 5.41 Å². The number of nitrogens with one attached hydrogen (secondary N) is 1. The minimum atomic E-state index is -0.349. The molecule has 6 rings (SSSR count). The van der Waals surface area contributed by atoms with Crippen LogP contribution in [0.1, 0.15) is 49.0 Å². The molecular weight excluding hydrogens is 506 g/mol. The number of amides is 1. The molecule has 3 aromatic carbocycles. The van der Waals surface area contributed by atoms with Crippen LogP contribution >= 0.6 is 0 Å². The Morgan fingerprint density at radius 3 is 2.23 bits per heavy atom. The van der Waals surface area contributed by atoms with Crippen LogP contribution in [-0.2, 0) is 20.9 Å². The quantitative estimate of drug-likeness (QED) is 0.302. The molecule has 1 N–H and O–H groups in total. The van der Waals surface area contributed by atoms with Gasteiger partial charge in [-0.25, -0.2) is 0 Å². The molecule has 8 heteroatoms. The lowest BCUT2D eigenvalue weighted by atomic mass is 9.67. The molecule has 1 spiro atoms. The van der Waals surface area contributed by atoms with E-state index in [1.165, 1.54) is 19.3 Å². The fraction of sp³-hybridized carbons (Fsp3) is 0.344. The third kappa shape index (κ3) is 5.72. The number of anilines is 4. The standard InChI is InChI=1S/C26H25N3O4.C6H10O/c1-17-26(32)28(3)24-13-10-22(27-21-8-6-20(7-9-21)18(2)31)14-25(24)29(17)15-19-4-11-23(12-5-19)33-16-30;1-2-6(3-1)4-7-5-6/h4-14,16-17,27H,15H2,1-3H3;1-5H2. The SMILES string of the molecule is C1CC2(C1)COC2.CC(=O)c1ccc(Nc2ccc3c(c2)N(Cc2ccc(OC=O)cc2)C(C)C(=O)N3C)cc1. The van der Waals surface area contributed by atoms with Crippen LogP contribution in [0.3, 0.4) is 0 Å². The summed E-state index contributed by atoms with van der Waals surface area (Å²) in [6.07, 6.45) is 4.32. The van der Waals surface area contributed by atoms with Crippen LogP contribution in [0.4, 0.5) is 22.7 Å². The molecule has 2 aliphatic heterocycles. The van der Waals surface area contributed by atoms with Crippen LogP contribution in [-0.4, -0.2) is 44.5 Å². The highest BCUT2D eigenvalue weighted by Crippen LogP contribution is 2.46. The molecule has 1 unspecified atom stereocenters. The van der Waals surface area contributed by atoms with Crippen molar-refractivity contribution in [1.29, 1.82) is 0 Å². The zero-order valence-corrected chi connectivity index (χ0v) is 23.2. The van der Waals surface area contributed by atoms with Crippen LogP contribution in [0.2, 0.25) is 0 Å². The lowest BCUT2D eigenvalue weighted by Gasteiger charge is -2.48. The molecule has 0 bridgehead atoms. The number of nitrogens with zero attached hydrogens (tertiary/aromatic N) is 2. The van der Waals surface area contributed by atoms with Crippen molar-refractivity contribution in [1.82, 2.24) is 0 Å².